The van der Waals surface area contributed by atoms with Gasteiger partial charge in [0.05, 0.1) is 0 Å². The number of pyridine rings is 1. The van der Waals surface area contributed by atoms with Crippen molar-refractivity contribution in [3.05, 3.63) is 52.3 Å². The van der Waals surface area contributed by atoms with Gasteiger partial charge in [-0.3, -0.25) is 9.36 Å². The largest absolute Gasteiger partial charge is 0.385 e. The quantitative estimate of drug-likeness (QED) is 0.880. The normalized spacial score (nSPS) is 10.9. The smallest absolute Gasteiger partial charge is 0.252 e. The van der Waals surface area contributed by atoms with Gasteiger partial charge in [0, 0.05) is 13.1 Å². The van der Waals surface area contributed by atoms with Crippen LogP contribution in [0.3, 0.4) is 0 Å². The van der Waals surface area contributed by atoms with Crippen LogP contribution in [0.1, 0.15) is 25.3 Å². The van der Waals surface area contributed by atoms with Crippen LogP contribution >= 0.6 is 0 Å². The number of nitrogens with zero attached hydrogens (tertiary/aromatic N) is 1. The van der Waals surface area contributed by atoms with E-state index >= 15 is 0 Å². The van der Waals surface area contributed by atoms with Crippen LogP contribution in [0.5, 0.6) is 0 Å². The summed E-state index contributed by atoms with van der Waals surface area (Å²) in [5.74, 6) is 0.984. The summed E-state index contributed by atoms with van der Waals surface area (Å²) >= 11 is 0. The minimum absolute atomic E-state index is 0.0852. The molecule has 0 saturated heterocycles. The fourth-order valence-corrected chi connectivity index (χ4v) is 1.88. The predicted molar refractivity (Wildman–Crippen MR) is 75.6 cm³/mol. The first-order valence-electron chi connectivity index (χ1n) is 6.06. The van der Waals surface area contributed by atoms with E-state index in [0.717, 1.165) is 11.1 Å². The molecule has 0 bridgehead atoms. The number of aromatic nitrogens is 1. The highest BCUT2D eigenvalue weighted by molar-refractivity contribution is 5.66. The average molecular weight is 242 g/mol. The minimum atomic E-state index is -0.0852. The molecule has 94 valence electrons. The molecule has 1 aromatic heterocycles. The molecule has 0 spiro atoms. The molecular formula is C15H18N2O. The average Bonchev–Trinajstić information content (AvgIpc) is 2.35. The molecule has 3 nitrogen and oxygen atoms in total. The van der Waals surface area contributed by atoms with Gasteiger partial charge in [-0.2, -0.15) is 0 Å². The third kappa shape index (κ3) is 2.30. The first-order valence-corrected chi connectivity index (χ1v) is 6.06. The fraction of sp³-hybridized carbons (Fsp3) is 0.267. The Labute approximate surface area is 107 Å². The van der Waals surface area contributed by atoms with Gasteiger partial charge in [-0.1, -0.05) is 38.1 Å². The molecule has 0 aliphatic rings. The summed E-state index contributed by atoms with van der Waals surface area (Å²) in [6.45, 7) is 4.32. The number of nitrogen functional groups attached to an aromatic ring is 1. The molecule has 2 aromatic rings. The predicted octanol–water partition coefficient (Wildman–Crippen LogP) is 2.76. The van der Waals surface area contributed by atoms with E-state index in [1.54, 1.807) is 13.1 Å². The van der Waals surface area contributed by atoms with Crippen molar-refractivity contribution in [1.82, 2.24) is 4.57 Å². The minimum Gasteiger partial charge on any atom is -0.385 e. The van der Waals surface area contributed by atoms with Gasteiger partial charge in [0.2, 0.25) is 0 Å². The topological polar surface area (TPSA) is 48.0 Å². The Morgan fingerprint density at radius 2 is 1.67 bits per heavy atom. The fourth-order valence-electron chi connectivity index (χ4n) is 1.88. The Balaban J connectivity index is 2.46. The number of benzene rings is 1. The molecule has 0 unspecified atom stereocenters. The molecule has 0 atom stereocenters. The molecule has 0 saturated carbocycles. The van der Waals surface area contributed by atoms with E-state index in [1.165, 1.54) is 10.1 Å². The van der Waals surface area contributed by atoms with Crippen molar-refractivity contribution in [3.8, 4) is 11.1 Å². The lowest BCUT2D eigenvalue weighted by molar-refractivity contribution is 0.866. The Hall–Kier alpha value is -2.03. The third-order valence-electron chi connectivity index (χ3n) is 3.21. The Morgan fingerprint density at radius 3 is 2.17 bits per heavy atom. The molecular weight excluding hydrogens is 224 g/mol. The molecule has 2 N–H and O–H groups in total. The highest BCUT2D eigenvalue weighted by atomic mass is 16.1. The number of nitrogens with two attached hydrogens (primary N) is 1. The summed E-state index contributed by atoms with van der Waals surface area (Å²) in [6, 6.07) is 11.7. The zero-order valence-electron chi connectivity index (χ0n) is 11.0. The van der Waals surface area contributed by atoms with Crippen molar-refractivity contribution < 1.29 is 0 Å². The summed E-state index contributed by atoms with van der Waals surface area (Å²) in [4.78, 5) is 11.7. The summed E-state index contributed by atoms with van der Waals surface area (Å²) in [6.07, 6.45) is 0. The van der Waals surface area contributed by atoms with Gasteiger partial charge in [0.15, 0.2) is 0 Å². The van der Waals surface area contributed by atoms with Crippen LogP contribution in [0.25, 0.3) is 11.1 Å². The monoisotopic (exact) mass is 242 g/mol. The molecule has 0 amide bonds. The number of rotatable bonds is 2. The molecule has 0 aliphatic heterocycles. The highest BCUT2D eigenvalue weighted by Crippen LogP contribution is 2.22. The second kappa shape index (κ2) is 4.69. The molecule has 3 heteroatoms. The summed E-state index contributed by atoms with van der Waals surface area (Å²) < 4.78 is 1.44. The van der Waals surface area contributed by atoms with Crippen LogP contribution < -0.4 is 11.3 Å². The maximum Gasteiger partial charge on any atom is 0.252 e. The van der Waals surface area contributed by atoms with Crippen LogP contribution in [0.4, 0.5) is 5.82 Å². The van der Waals surface area contributed by atoms with E-state index in [9.17, 15) is 4.79 Å². The number of hydrogen-bond donors (Lipinski definition) is 1. The van der Waals surface area contributed by atoms with Crippen molar-refractivity contribution in [2.24, 2.45) is 7.05 Å². The Kier molecular flexibility index (Phi) is 3.24. The summed E-state index contributed by atoms with van der Waals surface area (Å²) in [7, 11) is 1.67. The lowest BCUT2D eigenvalue weighted by atomic mass is 9.99. The molecule has 0 fully saturated rings. The zero-order valence-corrected chi connectivity index (χ0v) is 11.0. The summed E-state index contributed by atoms with van der Waals surface area (Å²) in [5.41, 5.74) is 8.89. The van der Waals surface area contributed by atoms with Gasteiger partial charge >= 0.3 is 0 Å². The highest BCUT2D eigenvalue weighted by Gasteiger charge is 2.04. The lowest BCUT2D eigenvalue weighted by Gasteiger charge is -2.09. The van der Waals surface area contributed by atoms with Crippen molar-refractivity contribution >= 4 is 5.82 Å². The van der Waals surface area contributed by atoms with Crippen LogP contribution in [-0.2, 0) is 7.05 Å². The lowest BCUT2D eigenvalue weighted by Crippen LogP contribution is -2.18. The van der Waals surface area contributed by atoms with Crippen molar-refractivity contribution in [3.63, 3.8) is 0 Å². The van der Waals surface area contributed by atoms with Gasteiger partial charge in [0.1, 0.15) is 5.82 Å². The van der Waals surface area contributed by atoms with Crippen molar-refractivity contribution in [1.29, 1.82) is 0 Å². The molecule has 2 rings (SSSR count). The van der Waals surface area contributed by atoms with Crippen molar-refractivity contribution in [2.75, 3.05) is 5.73 Å². The first-order chi connectivity index (χ1) is 8.49. The molecule has 1 heterocycles. The van der Waals surface area contributed by atoms with E-state index in [2.05, 4.69) is 26.0 Å². The van der Waals surface area contributed by atoms with Gasteiger partial charge in [-0.25, -0.2) is 0 Å². The second-order valence-corrected chi connectivity index (χ2v) is 4.84. The Bertz CT molecular complexity index is 609. The van der Waals surface area contributed by atoms with Crippen LogP contribution in [0, 0.1) is 0 Å². The molecule has 0 aliphatic carbocycles. The molecule has 18 heavy (non-hydrogen) atoms. The van der Waals surface area contributed by atoms with Gasteiger partial charge in [0.25, 0.3) is 5.56 Å². The van der Waals surface area contributed by atoms with Gasteiger partial charge in [-0.05, 0) is 28.7 Å². The summed E-state index contributed by atoms with van der Waals surface area (Å²) in [5, 5.41) is 0. The van der Waals surface area contributed by atoms with Crippen molar-refractivity contribution in [2.45, 2.75) is 19.8 Å². The zero-order chi connectivity index (χ0) is 13.3. The SMILES string of the molecule is CC(C)c1ccc(-c2cc(N)n(C)c(=O)c2)cc1. The van der Waals surface area contributed by atoms with Gasteiger partial charge in [-0.15, -0.1) is 0 Å². The van der Waals surface area contributed by atoms with Crippen LogP contribution in [0.2, 0.25) is 0 Å². The van der Waals surface area contributed by atoms with E-state index < -0.39 is 0 Å². The number of anilines is 1. The van der Waals surface area contributed by atoms with E-state index in [-0.39, 0.29) is 5.56 Å². The number of hydrogen-bond acceptors (Lipinski definition) is 2. The van der Waals surface area contributed by atoms with E-state index in [4.69, 9.17) is 5.73 Å². The molecule has 1 aromatic carbocycles. The van der Waals surface area contributed by atoms with E-state index in [1.807, 2.05) is 18.2 Å². The van der Waals surface area contributed by atoms with Crippen LogP contribution in [0.15, 0.2) is 41.2 Å². The first kappa shape index (κ1) is 12.4. The molecule has 0 radical (unpaired) electrons. The Morgan fingerprint density at radius 1 is 1.06 bits per heavy atom. The van der Waals surface area contributed by atoms with Gasteiger partial charge < -0.3 is 5.73 Å². The maximum atomic E-state index is 11.7. The maximum absolute atomic E-state index is 11.7. The van der Waals surface area contributed by atoms with E-state index in [0.29, 0.717) is 11.7 Å². The second-order valence-electron chi connectivity index (χ2n) is 4.84. The van der Waals surface area contributed by atoms with Crippen LogP contribution in [-0.4, -0.2) is 4.57 Å². The third-order valence-corrected chi connectivity index (χ3v) is 3.21. The standard InChI is InChI=1S/C15H18N2O/c1-10(2)11-4-6-12(7-5-11)13-8-14(16)17(3)15(18)9-13/h4-10H,16H2,1-3H3.